The fourth-order valence-corrected chi connectivity index (χ4v) is 3.64. The zero-order chi connectivity index (χ0) is 17.1. The first-order valence-corrected chi connectivity index (χ1v) is 9.38. The molecule has 2 heterocycles. The maximum atomic E-state index is 12.9. The summed E-state index contributed by atoms with van der Waals surface area (Å²) in [5.41, 5.74) is 1.97. The van der Waals surface area contributed by atoms with Gasteiger partial charge >= 0.3 is 6.03 Å². The Morgan fingerprint density at radius 3 is 2.64 bits per heavy atom. The molecule has 1 aliphatic carbocycles. The topological polar surface area (TPSA) is 54.0 Å². The Morgan fingerprint density at radius 2 is 1.92 bits per heavy atom. The van der Waals surface area contributed by atoms with Crippen LogP contribution in [0.25, 0.3) is 0 Å². The second-order valence-electron chi connectivity index (χ2n) is 7.16. The number of nitrogens with one attached hydrogen (secondary N) is 1. The van der Waals surface area contributed by atoms with Gasteiger partial charge in [0.2, 0.25) is 0 Å². The normalized spacial score (nSPS) is 23.5. The smallest absolute Gasteiger partial charge is 0.322 e. The van der Waals surface area contributed by atoms with Gasteiger partial charge in [-0.25, -0.2) is 4.79 Å². The maximum absolute atomic E-state index is 12.9. The first kappa shape index (κ1) is 16.7. The first-order chi connectivity index (χ1) is 12.3. The number of hydrogen-bond donors (Lipinski definition) is 1. The monoisotopic (exact) mass is 345 g/mol. The van der Waals surface area contributed by atoms with E-state index in [0.29, 0.717) is 12.0 Å². The molecule has 2 saturated heterocycles. The number of amides is 2. The lowest BCUT2D eigenvalue weighted by Crippen LogP contribution is -2.41. The third-order valence-electron chi connectivity index (χ3n) is 5.22. The third-order valence-corrected chi connectivity index (χ3v) is 5.22. The van der Waals surface area contributed by atoms with Crippen molar-refractivity contribution in [1.82, 2.24) is 4.90 Å². The van der Waals surface area contributed by atoms with E-state index in [4.69, 9.17) is 9.47 Å². The van der Waals surface area contributed by atoms with Crippen LogP contribution in [0.2, 0.25) is 0 Å². The van der Waals surface area contributed by atoms with Crippen LogP contribution in [0.5, 0.6) is 0 Å². The molecule has 3 aliphatic rings. The Labute approximate surface area is 149 Å². The van der Waals surface area contributed by atoms with Gasteiger partial charge in [-0.15, -0.1) is 0 Å². The molecule has 0 aromatic heterocycles. The molecule has 1 saturated carbocycles. The van der Waals surface area contributed by atoms with Crippen LogP contribution in [-0.2, 0) is 9.47 Å². The van der Waals surface area contributed by atoms with Gasteiger partial charge in [-0.2, -0.15) is 0 Å². The van der Waals surface area contributed by atoms with Crippen molar-refractivity contribution < 1.29 is 14.3 Å². The van der Waals surface area contributed by atoms with Crippen molar-refractivity contribution in [2.45, 2.75) is 25.3 Å². The largest absolute Gasteiger partial charge is 0.381 e. The molecule has 1 aromatic carbocycles. The zero-order valence-corrected chi connectivity index (χ0v) is 14.7. The van der Waals surface area contributed by atoms with Crippen LogP contribution in [0.1, 0.15) is 19.3 Å². The van der Waals surface area contributed by atoms with E-state index in [2.05, 4.69) is 16.3 Å². The highest BCUT2D eigenvalue weighted by Gasteiger charge is 2.35. The minimum absolute atomic E-state index is 0.0232. The van der Waals surface area contributed by atoms with E-state index < -0.39 is 0 Å². The van der Waals surface area contributed by atoms with E-state index in [1.807, 2.05) is 23.1 Å². The lowest BCUT2D eigenvalue weighted by Gasteiger charge is -2.31. The van der Waals surface area contributed by atoms with Crippen molar-refractivity contribution in [2.24, 2.45) is 5.92 Å². The van der Waals surface area contributed by atoms with Crippen LogP contribution >= 0.6 is 0 Å². The Bertz CT molecular complexity index is 593. The predicted molar refractivity (Wildman–Crippen MR) is 97.1 cm³/mol. The standard InChI is InChI=1S/C19H27N3O3/c23-19(22(16-5-6-16)13-15-7-10-25-14-15)20-17-3-1-2-4-18(17)21-8-11-24-12-9-21/h1-4,15-16H,5-14H2,(H,20,23)/t15-/m0/s1. The molecular weight excluding hydrogens is 318 g/mol. The molecule has 0 spiro atoms. The van der Waals surface area contributed by atoms with Gasteiger partial charge in [-0.05, 0) is 31.4 Å². The van der Waals surface area contributed by atoms with Crippen molar-refractivity contribution in [3.63, 3.8) is 0 Å². The van der Waals surface area contributed by atoms with Crippen LogP contribution in [0.3, 0.4) is 0 Å². The minimum Gasteiger partial charge on any atom is -0.381 e. The summed E-state index contributed by atoms with van der Waals surface area (Å²) in [6.07, 6.45) is 3.29. The van der Waals surface area contributed by atoms with E-state index in [0.717, 1.165) is 76.7 Å². The minimum atomic E-state index is 0.0232. The molecule has 4 rings (SSSR count). The Morgan fingerprint density at radius 1 is 1.12 bits per heavy atom. The highest BCUT2D eigenvalue weighted by atomic mass is 16.5. The highest BCUT2D eigenvalue weighted by Crippen LogP contribution is 2.31. The summed E-state index contributed by atoms with van der Waals surface area (Å²) in [4.78, 5) is 17.3. The fourth-order valence-electron chi connectivity index (χ4n) is 3.64. The van der Waals surface area contributed by atoms with Crippen LogP contribution < -0.4 is 10.2 Å². The molecular formula is C19H27N3O3. The Hall–Kier alpha value is -1.79. The second-order valence-corrected chi connectivity index (χ2v) is 7.16. The summed E-state index contributed by atoms with van der Waals surface area (Å²) in [6.45, 7) is 5.59. The van der Waals surface area contributed by atoms with Gasteiger partial charge in [-0.3, -0.25) is 0 Å². The summed E-state index contributed by atoms with van der Waals surface area (Å²) >= 11 is 0. The molecule has 136 valence electrons. The molecule has 0 unspecified atom stereocenters. The van der Waals surface area contributed by atoms with Crippen LogP contribution in [0, 0.1) is 5.92 Å². The Balaban J connectivity index is 1.45. The summed E-state index contributed by atoms with van der Waals surface area (Å²) in [7, 11) is 0. The number of ether oxygens (including phenoxy) is 2. The van der Waals surface area contributed by atoms with E-state index in [1.165, 1.54) is 0 Å². The van der Waals surface area contributed by atoms with Crippen molar-refractivity contribution in [3.8, 4) is 0 Å². The van der Waals surface area contributed by atoms with Crippen molar-refractivity contribution in [2.75, 3.05) is 56.3 Å². The van der Waals surface area contributed by atoms with Gasteiger partial charge < -0.3 is 24.6 Å². The molecule has 25 heavy (non-hydrogen) atoms. The van der Waals surface area contributed by atoms with Gasteiger partial charge in [0, 0.05) is 38.2 Å². The summed E-state index contributed by atoms with van der Waals surface area (Å²) in [5.74, 6) is 0.473. The number of benzene rings is 1. The number of hydrogen-bond acceptors (Lipinski definition) is 4. The van der Waals surface area contributed by atoms with E-state index in [-0.39, 0.29) is 6.03 Å². The zero-order valence-electron chi connectivity index (χ0n) is 14.7. The maximum Gasteiger partial charge on any atom is 0.322 e. The van der Waals surface area contributed by atoms with Gasteiger partial charge in [0.1, 0.15) is 0 Å². The second kappa shape index (κ2) is 7.62. The first-order valence-electron chi connectivity index (χ1n) is 9.38. The lowest BCUT2D eigenvalue weighted by atomic mass is 10.1. The van der Waals surface area contributed by atoms with Crippen LogP contribution in [0.4, 0.5) is 16.2 Å². The quantitative estimate of drug-likeness (QED) is 0.891. The average Bonchev–Trinajstić information content (AvgIpc) is 3.36. The van der Waals surface area contributed by atoms with Crippen molar-refractivity contribution in [1.29, 1.82) is 0 Å². The van der Waals surface area contributed by atoms with Gasteiger partial charge in [0.05, 0.1) is 31.2 Å². The molecule has 6 heteroatoms. The molecule has 2 aliphatic heterocycles. The third kappa shape index (κ3) is 4.07. The van der Waals surface area contributed by atoms with Crippen LogP contribution in [-0.4, -0.2) is 63.0 Å². The molecule has 1 aromatic rings. The fraction of sp³-hybridized carbons (Fsp3) is 0.632. The molecule has 1 atom stereocenters. The number of nitrogens with zero attached hydrogens (tertiary/aromatic N) is 2. The van der Waals surface area contributed by atoms with Crippen molar-refractivity contribution >= 4 is 17.4 Å². The number of carbonyl (C=O) groups is 1. The van der Waals surface area contributed by atoms with E-state index in [9.17, 15) is 4.79 Å². The highest BCUT2D eigenvalue weighted by molar-refractivity contribution is 5.93. The predicted octanol–water partition coefficient (Wildman–Crippen LogP) is 2.56. The summed E-state index contributed by atoms with van der Waals surface area (Å²) in [5, 5.41) is 3.17. The molecule has 0 radical (unpaired) electrons. The van der Waals surface area contributed by atoms with Crippen LogP contribution in [0.15, 0.2) is 24.3 Å². The van der Waals surface area contributed by atoms with Gasteiger partial charge in [-0.1, -0.05) is 12.1 Å². The number of urea groups is 1. The molecule has 2 amide bonds. The lowest BCUT2D eigenvalue weighted by molar-refractivity contribution is 0.123. The number of rotatable bonds is 5. The van der Waals surface area contributed by atoms with E-state index in [1.54, 1.807) is 0 Å². The van der Waals surface area contributed by atoms with E-state index >= 15 is 0 Å². The summed E-state index contributed by atoms with van der Waals surface area (Å²) in [6, 6.07) is 8.49. The molecule has 0 bridgehead atoms. The summed E-state index contributed by atoms with van der Waals surface area (Å²) < 4.78 is 10.9. The molecule has 3 fully saturated rings. The van der Waals surface area contributed by atoms with Gasteiger partial charge in [0.25, 0.3) is 0 Å². The van der Waals surface area contributed by atoms with Gasteiger partial charge in [0.15, 0.2) is 0 Å². The molecule has 6 nitrogen and oxygen atoms in total. The number of para-hydroxylation sites is 2. The van der Waals surface area contributed by atoms with Crippen molar-refractivity contribution in [3.05, 3.63) is 24.3 Å². The molecule has 1 N–H and O–H groups in total. The number of morpholine rings is 1. The number of anilines is 2. The number of carbonyl (C=O) groups excluding carboxylic acids is 1. The average molecular weight is 345 g/mol. The SMILES string of the molecule is O=C(Nc1ccccc1N1CCOCC1)N(C[C@@H]1CCOC1)C1CC1. The Kier molecular flexibility index (Phi) is 5.08.